The Hall–Kier alpha value is -2.75. The van der Waals surface area contributed by atoms with Crippen molar-refractivity contribution in [1.82, 2.24) is 5.32 Å². The topological polar surface area (TPSA) is 47.6 Å². The zero-order valence-corrected chi connectivity index (χ0v) is 15.5. The molecule has 4 nitrogen and oxygen atoms in total. The quantitative estimate of drug-likeness (QED) is 0.509. The summed E-state index contributed by atoms with van der Waals surface area (Å²) in [7, 11) is 0. The molecule has 1 amide bonds. The molecule has 0 saturated carbocycles. The summed E-state index contributed by atoms with van der Waals surface area (Å²) < 4.78 is 11.1. The number of amides is 1. The molecule has 0 unspecified atom stereocenters. The van der Waals surface area contributed by atoms with Gasteiger partial charge < -0.3 is 14.8 Å². The molecule has 0 spiro atoms. The highest BCUT2D eigenvalue weighted by Crippen LogP contribution is 2.16. The van der Waals surface area contributed by atoms with E-state index in [0.29, 0.717) is 18.7 Å². The zero-order chi connectivity index (χ0) is 18.8. The molecule has 1 N–H and O–H groups in total. The molecule has 0 radical (unpaired) electrons. The lowest BCUT2D eigenvalue weighted by molar-refractivity contribution is 0.0953. The van der Waals surface area contributed by atoms with E-state index in [9.17, 15) is 4.79 Å². The summed E-state index contributed by atoms with van der Waals surface area (Å²) in [5, 5.41) is 2.95. The molecule has 0 fully saturated rings. The maximum atomic E-state index is 12.2. The first-order valence-corrected chi connectivity index (χ1v) is 8.96. The van der Waals surface area contributed by atoms with Gasteiger partial charge in [-0.1, -0.05) is 24.8 Å². The molecule has 2 aromatic rings. The maximum absolute atomic E-state index is 12.2. The molecular weight excluding hydrogens is 326 g/mol. The molecule has 4 heteroatoms. The normalized spacial score (nSPS) is 10.4. The van der Waals surface area contributed by atoms with Gasteiger partial charge in [0.1, 0.15) is 18.1 Å². The fourth-order valence-electron chi connectivity index (χ4n) is 2.50. The van der Waals surface area contributed by atoms with Crippen molar-refractivity contribution in [2.75, 3.05) is 13.2 Å². The van der Waals surface area contributed by atoms with Crippen LogP contribution < -0.4 is 14.8 Å². The van der Waals surface area contributed by atoms with Crippen LogP contribution in [0.5, 0.6) is 11.5 Å². The lowest BCUT2D eigenvalue weighted by atomic mass is 10.1. The van der Waals surface area contributed by atoms with Crippen molar-refractivity contribution in [3.63, 3.8) is 0 Å². The largest absolute Gasteiger partial charge is 0.491 e. The molecule has 0 bridgehead atoms. The third kappa shape index (κ3) is 6.63. The predicted molar refractivity (Wildman–Crippen MR) is 105 cm³/mol. The van der Waals surface area contributed by atoms with Gasteiger partial charge in [-0.2, -0.15) is 0 Å². The van der Waals surface area contributed by atoms with Crippen LogP contribution >= 0.6 is 0 Å². The fourth-order valence-corrected chi connectivity index (χ4v) is 2.50. The first kappa shape index (κ1) is 19.6. The number of aryl methyl sites for hydroxylation is 1. The predicted octanol–water partition coefficient (Wildman–Crippen LogP) is 4.40. The third-order valence-electron chi connectivity index (χ3n) is 3.68. The number of benzene rings is 2. The summed E-state index contributed by atoms with van der Waals surface area (Å²) >= 11 is 0. The van der Waals surface area contributed by atoms with Gasteiger partial charge >= 0.3 is 0 Å². The second kappa shape index (κ2) is 10.3. The molecule has 0 aliphatic heterocycles. The second-order valence-corrected chi connectivity index (χ2v) is 6.30. The van der Waals surface area contributed by atoms with Gasteiger partial charge in [-0.25, -0.2) is 0 Å². The Labute approximate surface area is 155 Å². The van der Waals surface area contributed by atoms with Gasteiger partial charge in [-0.3, -0.25) is 4.79 Å². The first-order chi connectivity index (χ1) is 12.6. The molecule has 0 heterocycles. The molecule has 2 aromatic carbocycles. The molecule has 0 aliphatic rings. The number of carbonyl (C=O) groups is 1. The average Bonchev–Trinajstić information content (AvgIpc) is 2.63. The van der Waals surface area contributed by atoms with Gasteiger partial charge in [-0.05, 0) is 68.7 Å². The van der Waals surface area contributed by atoms with E-state index in [1.165, 1.54) is 5.56 Å². The highest BCUT2D eigenvalue weighted by Gasteiger charge is 2.05. The fraction of sp³-hybridized carbons (Fsp3) is 0.318. The summed E-state index contributed by atoms with van der Waals surface area (Å²) in [5.74, 6) is 1.54. The summed E-state index contributed by atoms with van der Waals surface area (Å²) in [6.07, 6.45) is 3.62. The van der Waals surface area contributed by atoms with Crippen LogP contribution in [0, 0.1) is 0 Å². The minimum atomic E-state index is -0.0721. The van der Waals surface area contributed by atoms with E-state index in [-0.39, 0.29) is 12.0 Å². The van der Waals surface area contributed by atoms with E-state index in [1.807, 2.05) is 26.0 Å². The standard InChI is InChI=1S/C22H27NO3/c1-4-15-25-20-12-10-19(11-13-20)22(24)23-14-6-8-18-7-5-9-21(16-18)26-17(2)3/h4-5,7,9-13,16-17H,1,6,8,14-15H2,2-3H3,(H,23,24). The van der Waals surface area contributed by atoms with E-state index >= 15 is 0 Å². The van der Waals surface area contributed by atoms with Crippen LogP contribution in [-0.4, -0.2) is 25.2 Å². The van der Waals surface area contributed by atoms with Crippen molar-refractivity contribution in [3.8, 4) is 11.5 Å². The average molecular weight is 353 g/mol. The Morgan fingerprint density at radius 1 is 1.15 bits per heavy atom. The van der Waals surface area contributed by atoms with Crippen molar-refractivity contribution in [3.05, 3.63) is 72.3 Å². The van der Waals surface area contributed by atoms with Crippen LogP contribution in [0.4, 0.5) is 0 Å². The maximum Gasteiger partial charge on any atom is 0.251 e. The molecule has 2 rings (SSSR count). The molecule has 0 aliphatic carbocycles. The highest BCUT2D eigenvalue weighted by atomic mass is 16.5. The Morgan fingerprint density at radius 3 is 2.62 bits per heavy atom. The highest BCUT2D eigenvalue weighted by molar-refractivity contribution is 5.94. The van der Waals surface area contributed by atoms with E-state index in [4.69, 9.17) is 9.47 Å². The minimum Gasteiger partial charge on any atom is -0.491 e. The van der Waals surface area contributed by atoms with Crippen LogP contribution in [0.3, 0.4) is 0 Å². The Kier molecular flexibility index (Phi) is 7.75. The van der Waals surface area contributed by atoms with E-state index in [1.54, 1.807) is 30.3 Å². The number of nitrogens with one attached hydrogen (secondary N) is 1. The second-order valence-electron chi connectivity index (χ2n) is 6.30. The SMILES string of the molecule is C=CCOc1ccc(C(=O)NCCCc2cccc(OC(C)C)c2)cc1. The molecule has 0 saturated heterocycles. The van der Waals surface area contributed by atoms with Gasteiger partial charge in [0, 0.05) is 12.1 Å². The molecule has 0 atom stereocenters. The van der Waals surface area contributed by atoms with E-state index in [0.717, 1.165) is 24.3 Å². The van der Waals surface area contributed by atoms with Crippen molar-refractivity contribution in [2.24, 2.45) is 0 Å². The van der Waals surface area contributed by atoms with E-state index < -0.39 is 0 Å². The summed E-state index contributed by atoms with van der Waals surface area (Å²) in [4.78, 5) is 12.2. The lowest BCUT2D eigenvalue weighted by Gasteiger charge is -2.11. The minimum absolute atomic E-state index is 0.0721. The van der Waals surface area contributed by atoms with Gasteiger partial charge in [0.05, 0.1) is 6.10 Å². The van der Waals surface area contributed by atoms with Crippen LogP contribution in [0.1, 0.15) is 36.2 Å². The lowest BCUT2D eigenvalue weighted by Crippen LogP contribution is -2.24. The number of hydrogen-bond donors (Lipinski definition) is 1. The van der Waals surface area contributed by atoms with Crippen LogP contribution in [0.15, 0.2) is 61.2 Å². The van der Waals surface area contributed by atoms with Gasteiger partial charge in [-0.15, -0.1) is 0 Å². The Balaban J connectivity index is 1.75. The molecule has 138 valence electrons. The van der Waals surface area contributed by atoms with Crippen LogP contribution in [-0.2, 0) is 6.42 Å². The van der Waals surface area contributed by atoms with Crippen molar-refractivity contribution in [2.45, 2.75) is 32.8 Å². The molecule has 0 aromatic heterocycles. The first-order valence-electron chi connectivity index (χ1n) is 8.96. The Morgan fingerprint density at radius 2 is 1.92 bits per heavy atom. The molecule has 26 heavy (non-hydrogen) atoms. The monoisotopic (exact) mass is 353 g/mol. The number of hydrogen-bond acceptors (Lipinski definition) is 3. The van der Waals surface area contributed by atoms with Crippen molar-refractivity contribution < 1.29 is 14.3 Å². The van der Waals surface area contributed by atoms with Crippen molar-refractivity contribution >= 4 is 5.91 Å². The van der Waals surface area contributed by atoms with Crippen molar-refractivity contribution in [1.29, 1.82) is 0 Å². The number of rotatable bonds is 10. The van der Waals surface area contributed by atoms with E-state index in [2.05, 4.69) is 24.0 Å². The van der Waals surface area contributed by atoms with Gasteiger partial charge in [0.25, 0.3) is 5.91 Å². The summed E-state index contributed by atoms with van der Waals surface area (Å²) in [6.45, 7) is 8.72. The van der Waals surface area contributed by atoms with Gasteiger partial charge in [0.2, 0.25) is 0 Å². The van der Waals surface area contributed by atoms with Crippen LogP contribution in [0.25, 0.3) is 0 Å². The number of carbonyl (C=O) groups excluding carboxylic acids is 1. The summed E-state index contributed by atoms with van der Waals surface area (Å²) in [5.41, 5.74) is 1.84. The van der Waals surface area contributed by atoms with Gasteiger partial charge in [0.15, 0.2) is 0 Å². The Bertz CT molecular complexity index is 708. The third-order valence-corrected chi connectivity index (χ3v) is 3.68. The smallest absolute Gasteiger partial charge is 0.251 e. The molecular formula is C22H27NO3. The number of ether oxygens (including phenoxy) is 2. The van der Waals surface area contributed by atoms with Crippen LogP contribution in [0.2, 0.25) is 0 Å². The summed E-state index contributed by atoms with van der Waals surface area (Å²) in [6, 6.07) is 15.2. The zero-order valence-electron chi connectivity index (χ0n) is 15.5.